The van der Waals surface area contributed by atoms with Crippen LogP contribution < -0.4 is 10.5 Å². The van der Waals surface area contributed by atoms with Crippen LogP contribution in [0.3, 0.4) is 0 Å². The molecule has 0 unspecified atom stereocenters. The molecule has 0 aromatic heterocycles. The summed E-state index contributed by atoms with van der Waals surface area (Å²) in [5.74, 6) is 0.764. The summed E-state index contributed by atoms with van der Waals surface area (Å²) in [7, 11) is 3.99. The molecule has 0 amide bonds. The van der Waals surface area contributed by atoms with Crippen LogP contribution in [0.5, 0.6) is 5.75 Å². The Bertz CT molecular complexity index is 375. The molecule has 88 valence electrons. The molecule has 0 bridgehead atoms. The number of nitrogen functional groups attached to an aromatic ring is 1. The molecule has 0 radical (unpaired) electrons. The standard InChI is InChI=1S/C12H19N3O/c1-9-5-4-6-10(12(13)14)11(9)16-8-7-15(2)3/h4-6H,7-8H2,1-3H3,(H3,13,14). The minimum atomic E-state index is 0.0450. The first-order valence-corrected chi connectivity index (χ1v) is 5.24. The second kappa shape index (κ2) is 5.51. The number of nitrogens with two attached hydrogens (primary N) is 1. The number of ether oxygens (including phenoxy) is 1. The predicted octanol–water partition coefficient (Wildman–Crippen LogP) is 1.22. The first-order valence-electron chi connectivity index (χ1n) is 5.24. The number of para-hydroxylation sites is 1. The summed E-state index contributed by atoms with van der Waals surface area (Å²) in [6.07, 6.45) is 0. The van der Waals surface area contributed by atoms with Crippen LogP contribution in [0.1, 0.15) is 11.1 Å². The SMILES string of the molecule is Cc1cccc(C(=N)N)c1OCCN(C)C. The summed E-state index contributed by atoms with van der Waals surface area (Å²) >= 11 is 0. The van der Waals surface area contributed by atoms with Crippen LogP contribution in [-0.2, 0) is 0 Å². The van der Waals surface area contributed by atoms with Crippen molar-refractivity contribution >= 4 is 5.84 Å². The topological polar surface area (TPSA) is 62.3 Å². The maximum Gasteiger partial charge on any atom is 0.133 e. The summed E-state index contributed by atoms with van der Waals surface area (Å²) in [6.45, 7) is 3.39. The first kappa shape index (κ1) is 12.5. The molecule has 4 nitrogen and oxygen atoms in total. The highest BCUT2D eigenvalue weighted by Crippen LogP contribution is 2.22. The van der Waals surface area contributed by atoms with Gasteiger partial charge in [0.25, 0.3) is 0 Å². The lowest BCUT2D eigenvalue weighted by molar-refractivity contribution is 0.260. The zero-order chi connectivity index (χ0) is 12.1. The zero-order valence-electron chi connectivity index (χ0n) is 10.1. The Morgan fingerprint density at radius 3 is 2.69 bits per heavy atom. The maximum absolute atomic E-state index is 7.48. The molecule has 0 heterocycles. The number of amidine groups is 1. The van der Waals surface area contributed by atoms with Crippen LogP contribution in [0.15, 0.2) is 18.2 Å². The van der Waals surface area contributed by atoms with E-state index in [1.54, 1.807) is 6.07 Å². The molecule has 1 rings (SSSR count). The highest BCUT2D eigenvalue weighted by atomic mass is 16.5. The summed E-state index contributed by atoms with van der Waals surface area (Å²) in [5, 5.41) is 7.48. The highest BCUT2D eigenvalue weighted by molar-refractivity contribution is 5.98. The fraction of sp³-hybridized carbons (Fsp3) is 0.417. The van der Waals surface area contributed by atoms with E-state index in [1.807, 2.05) is 38.1 Å². The monoisotopic (exact) mass is 221 g/mol. The Hall–Kier alpha value is -1.55. The van der Waals surface area contributed by atoms with Crippen LogP contribution in [-0.4, -0.2) is 38.0 Å². The Balaban J connectivity index is 2.80. The van der Waals surface area contributed by atoms with Crippen molar-refractivity contribution in [3.05, 3.63) is 29.3 Å². The van der Waals surface area contributed by atoms with Gasteiger partial charge in [-0.2, -0.15) is 0 Å². The summed E-state index contributed by atoms with van der Waals surface area (Å²) in [4.78, 5) is 2.05. The fourth-order valence-electron chi connectivity index (χ4n) is 1.39. The van der Waals surface area contributed by atoms with Crippen molar-refractivity contribution in [3.8, 4) is 5.75 Å². The predicted molar refractivity (Wildman–Crippen MR) is 66.2 cm³/mol. The minimum Gasteiger partial charge on any atom is -0.491 e. The third kappa shape index (κ3) is 3.24. The van der Waals surface area contributed by atoms with Gasteiger partial charge in [0, 0.05) is 6.54 Å². The Kier molecular flexibility index (Phi) is 4.31. The van der Waals surface area contributed by atoms with Crippen molar-refractivity contribution in [2.24, 2.45) is 5.73 Å². The lowest BCUT2D eigenvalue weighted by Crippen LogP contribution is -2.21. The van der Waals surface area contributed by atoms with Gasteiger partial charge < -0.3 is 15.4 Å². The van der Waals surface area contributed by atoms with Crippen molar-refractivity contribution in [1.82, 2.24) is 4.90 Å². The lowest BCUT2D eigenvalue weighted by Gasteiger charge is -2.15. The van der Waals surface area contributed by atoms with E-state index >= 15 is 0 Å². The Labute approximate surface area is 96.5 Å². The minimum absolute atomic E-state index is 0.0450. The van der Waals surface area contributed by atoms with E-state index in [-0.39, 0.29) is 5.84 Å². The summed E-state index contributed by atoms with van der Waals surface area (Å²) in [6, 6.07) is 5.64. The third-order valence-electron chi connectivity index (χ3n) is 2.29. The van der Waals surface area contributed by atoms with Crippen molar-refractivity contribution in [1.29, 1.82) is 5.41 Å². The van der Waals surface area contributed by atoms with E-state index in [0.717, 1.165) is 17.9 Å². The number of hydrogen-bond donors (Lipinski definition) is 2. The van der Waals surface area contributed by atoms with Gasteiger partial charge >= 0.3 is 0 Å². The van der Waals surface area contributed by atoms with Gasteiger partial charge in [-0.05, 0) is 32.6 Å². The smallest absolute Gasteiger partial charge is 0.133 e. The first-order chi connectivity index (χ1) is 7.52. The summed E-state index contributed by atoms with van der Waals surface area (Å²) < 4.78 is 5.68. The van der Waals surface area contributed by atoms with Gasteiger partial charge in [0.15, 0.2) is 0 Å². The van der Waals surface area contributed by atoms with Gasteiger partial charge in [-0.15, -0.1) is 0 Å². The molecular formula is C12H19N3O. The van der Waals surface area contributed by atoms with E-state index in [4.69, 9.17) is 15.9 Å². The molecule has 0 spiro atoms. The van der Waals surface area contributed by atoms with E-state index in [2.05, 4.69) is 0 Å². The molecule has 0 saturated carbocycles. The molecule has 0 atom stereocenters. The molecule has 0 fully saturated rings. The van der Waals surface area contributed by atoms with Gasteiger partial charge in [-0.25, -0.2) is 0 Å². The second-order valence-corrected chi connectivity index (χ2v) is 4.02. The van der Waals surface area contributed by atoms with Gasteiger partial charge in [0.05, 0.1) is 5.56 Å². The van der Waals surface area contributed by atoms with Crippen LogP contribution in [0, 0.1) is 12.3 Å². The van der Waals surface area contributed by atoms with Crippen LogP contribution in [0.25, 0.3) is 0 Å². The number of nitrogens with one attached hydrogen (secondary N) is 1. The largest absolute Gasteiger partial charge is 0.491 e. The Morgan fingerprint density at radius 2 is 2.12 bits per heavy atom. The molecule has 0 aliphatic rings. The number of benzene rings is 1. The van der Waals surface area contributed by atoms with E-state index in [9.17, 15) is 0 Å². The highest BCUT2D eigenvalue weighted by Gasteiger charge is 2.09. The molecule has 3 N–H and O–H groups in total. The molecule has 16 heavy (non-hydrogen) atoms. The molecule has 0 aliphatic heterocycles. The average Bonchev–Trinajstić information content (AvgIpc) is 2.19. The Morgan fingerprint density at radius 1 is 1.44 bits per heavy atom. The van der Waals surface area contributed by atoms with Gasteiger partial charge in [0.2, 0.25) is 0 Å². The zero-order valence-corrected chi connectivity index (χ0v) is 10.1. The second-order valence-electron chi connectivity index (χ2n) is 4.02. The number of hydrogen-bond acceptors (Lipinski definition) is 3. The fourth-order valence-corrected chi connectivity index (χ4v) is 1.39. The molecule has 1 aromatic rings. The summed E-state index contributed by atoms with van der Waals surface area (Å²) in [5.41, 5.74) is 7.18. The quantitative estimate of drug-likeness (QED) is 0.580. The molecule has 4 heteroatoms. The normalized spacial score (nSPS) is 10.5. The number of likely N-dealkylation sites (N-methyl/N-ethyl adjacent to an activating group) is 1. The van der Waals surface area contributed by atoms with Gasteiger partial charge in [0.1, 0.15) is 18.2 Å². The molecule has 0 saturated heterocycles. The van der Waals surface area contributed by atoms with Crippen molar-refractivity contribution in [3.63, 3.8) is 0 Å². The molecular weight excluding hydrogens is 202 g/mol. The maximum atomic E-state index is 7.48. The van der Waals surface area contributed by atoms with Crippen molar-refractivity contribution in [2.45, 2.75) is 6.92 Å². The lowest BCUT2D eigenvalue weighted by atomic mass is 10.1. The van der Waals surface area contributed by atoms with Crippen molar-refractivity contribution < 1.29 is 4.74 Å². The average molecular weight is 221 g/mol. The number of rotatable bonds is 5. The van der Waals surface area contributed by atoms with Gasteiger partial charge in [-0.1, -0.05) is 12.1 Å². The number of aryl methyl sites for hydroxylation is 1. The van der Waals surface area contributed by atoms with E-state index < -0.39 is 0 Å². The van der Waals surface area contributed by atoms with Crippen LogP contribution in [0.2, 0.25) is 0 Å². The molecule has 0 aliphatic carbocycles. The van der Waals surface area contributed by atoms with Gasteiger partial charge in [-0.3, -0.25) is 5.41 Å². The number of nitrogens with zero attached hydrogens (tertiary/aromatic N) is 1. The third-order valence-corrected chi connectivity index (χ3v) is 2.29. The van der Waals surface area contributed by atoms with Crippen LogP contribution >= 0.6 is 0 Å². The van der Waals surface area contributed by atoms with Crippen molar-refractivity contribution in [2.75, 3.05) is 27.2 Å². The van der Waals surface area contributed by atoms with E-state index in [1.165, 1.54) is 0 Å². The molecule has 1 aromatic carbocycles. The van der Waals surface area contributed by atoms with Crippen LogP contribution in [0.4, 0.5) is 0 Å². The van der Waals surface area contributed by atoms with E-state index in [0.29, 0.717) is 12.2 Å².